The molecule has 0 spiro atoms. The van der Waals surface area contributed by atoms with Gasteiger partial charge in [-0.1, -0.05) is 6.07 Å². The van der Waals surface area contributed by atoms with Gasteiger partial charge >= 0.3 is 0 Å². The fourth-order valence-electron chi connectivity index (χ4n) is 1.94. The van der Waals surface area contributed by atoms with Crippen LogP contribution in [0.3, 0.4) is 0 Å². The summed E-state index contributed by atoms with van der Waals surface area (Å²) < 4.78 is 0. The maximum Gasteiger partial charge on any atom is 0.103 e. The first-order chi connectivity index (χ1) is 8.81. The van der Waals surface area contributed by atoms with Gasteiger partial charge in [0.2, 0.25) is 0 Å². The Morgan fingerprint density at radius 1 is 1.22 bits per heavy atom. The lowest BCUT2D eigenvalue weighted by atomic mass is 10.2. The molecule has 18 heavy (non-hydrogen) atoms. The van der Waals surface area contributed by atoms with Crippen molar-refractivity contribution in [2.24, 2.45) is 0 Å². The summed E-state index contributed by atoms with van der Waals surface area (Å²) in [7, 11) is 0. The van der Waals surface area contributed by atoms with Crippen molar-refractivity contribution in [2.45, 2.75) is 13.5 Å². The number of imidazole rings is 1. The van der Waals surface area contributed by atoms with Crippen molar-refractivity contribution in [1.29, 1.82) is 0 Å². The predicted octanol–water partition coefficient (Wildman–Crippen LogP) is 2.88. The molecule has 0 aliphatic rings. The Balaban J connectivity index is 1.78. The molecule has 0 aliphatic carbocycles. The normalized spacial score (nSPS) is 10.7. The van der Waals surface area contributed by atoms with E-state index in [1.807, 2.05) is 37.5 Å². The predicted molar refractivity (Wildman–Crippen MR) is 72.4 cm³/mol. The first kappa shape index (κ1) is 10.8. The number of aromatic amines is 1. The summed E-state index contributed by atoms with van der Waals surface area (Å²) in [5.41, 5.74) is 3.18. The van der Waals surface area contributed by atoms with Crippen LogP contribution in [0.4, 0.5) is 5.69 Å². The van der Waals surface area contributed by atoms with Gasteiger partial charge in [-0.25, -0.2) is 4.98 Å². The van der Waals surface area contributed by atoms with Gasteiger partial charge in [0.25, 0.3) is 0 Å². The van der Waals surface area contributed by atoms with Crippen LogP contribution < -0.4 is 5.32 Å². The lowest BCUT2D eigenvalue weighted by molar-refractivity contribution is 1.05. The minimum absolute atomic E-state index is 0.743. The molecule has 2 N–H and O–H groups in total. The van der Waals surface area contributed by atoms with Gasteiger partial charge in [0.05, 0.1) is 24.0 Å². The summed E-state index contributed by atoms with van der Waals surface area (Å²) >= 11 is 0. The van der Waals surface area contributed by atoms with E-state index >= 15 is 0 Å². The standard InChI is InChI=1S/C14H14N4/c1-10-16-8-13(18-10)9-17-12-4-5-14-11(7-12)3-2-6-15-14/h2-8,17H,9H2,1H3,(H,16,18). The molecule has 1 aromatic carbocycles. The summed E-state index contributed by atoms with van der Waals surface area (Å²) in [6, 6.07) is 10.2. The number of aryl methyl sites for hydroxylation is 1. The van der Waals surface area contributed by atoms with Crippen molar-refractivity contribution >= 4 is 16.6 Å². The van der Waals surface area contributed by atoms with E-state index < -0.39 is 0 Å². The summed E-state index contributed by atoms with van der Waals surface area (Å²) in [4.78, 5) is 11.7. The molecule has 3 aromatic rings. The first-order valence-corrected chi connectivity index (χ1v) is 5.90. The molecule has 3 rings (SSSR count). The maximum atomic E-state index is 4.30. The largest absolute Gasteiger partial charge is 0.379 e. The molecule has 0 bridgehead atoms. The van der Waals surface area contributed by atoms with Crippen LogP contribution in [-0.2, 0) is 6.54 Å². The van der Waals surface area contributed by atoms with E-state index in [0.717, 1.165) is 34.7 Å². The van der Waals surface area contributed by atoms with E-state index in [-0.39, 0.29) is 0 Å². The van der Waals surface area contributed by atoms with Gasteiger partial charge in [0.15, 0.2) is 0 Å². The van der Waals surface area contributed by atoms with E-state index in [2.05, 4.69) is 32.4 Å². The van der Waals surface area contributed by atoms with Gasteiger partial charge in [0, 0.05) is 17.3 Å². The highest BCUT2D eigenvalue weighted by molar-refractivity contribution is 5.82. The van der Waals surface area contributed by atoms with Gasteiger partial charge in [-0.3, -0.25) is 4.98 Å². The van der Waals surface area contributed by atoms with E-state index in [4.69, 9.17) is 0 Å². The first-order valence-electron chi connectivity index (χ1n) is 5.90. The molecule has 0 saturated carbocycles. The number of anilines is 1. The Morgan fingerprint density at radius 2 is 2.17 bits per heavy atom. The lowest BCUT2D eigenvalue weighted by Crippen LogP contribution is -1.99. The molecule has 2 aromatic heterocycles. The molecule has 0 saturated heterocycles. The number of aromatic nitrogens is 3. The fraction of sp³-hybridized carbons (Fsp3) is 0.143. The number of benzene rings is 1. The Hall–Kier alpha value is -2.36. The second-order valence-corrected chi connectivity index (χ2v) is 4.26. The van der Waals surface area contributed by atoms with Crippen LogP contribution in [0.1, 0.15) is 11.5 Å². The van der Waals surface area contributed by atoms with Crippen molar-refractivity contribution < 1.29 is 0 Å². The average Bonchev–Trinajstić information content (AvgIpc) is 2.82. The molecule has 0 amide bonds. The molecule has 0 aliphatic heterocycles. The van der Waals surface area contributed by atoms with Crippen molar-refractivity contribution in [3.63, 3.8) is 0 Å². The smallest absolute Gasteiger partial charge is 0.103 e. The van der Waals surface area contributed by atoms with Crippen LogP contribution in [0.2, 0.25) is 0 Å². The van der Waals surface area contributed by atoms with E-state index in [1.165, 1.54) is 0 Å². The van der Waals surface area contributed by atoms with Crippen molar-refractivity contribution in [2.75, 3.05) is 5.32 Å². The van der Waals surface area contributed by atoms with Gasteiger partial charge < -0.3 is 10.3 Å². The molecule has 90 valence electrons. The van der Waals surface area contributed by atoms with Crippen LogP contribution in [0.5, 0.6) is 0 Å². The molecular weight excluding hydrogens is 224 g/mol. The summed E-state index contributed by atoms with van der Waals surface area (Å²) in [5.74, 6) is 0.939. The molecule has 4 heteroatoms. The monoisotopic (exact) mass is 238 g/mol. The second kappa shape index (κ2) is 4.49. The number of nitrogens with zero attached hydrogens (tertiary/aromatic N) is 2. The van der Waals surface area contributed by atoms with Crippen LogP contribution in [-0.4, -0.2) is 15.0 Å². The zero-order chi connectivity index (χ0) is 12.4. The summed E-state index contributed by atoms with van der Waals surface area (Å²) in [5, 5.41) is 4.51. The number of hydrogen-bond acceptors (Lipinski definition) is 3. The highest BCUT2D eigenvalue weighted by Gasteiger charge is 1.99. The zero-order valence-corrected chi connectivity index (χ0v) is 10.1. The zero-order valence-electron chi connectivity index (χ0n) is 10.1. The molecular formula is C14H14N4. The van der Waals surface area contributed by atoms with Crippen LogP contribution in [0, 0.1) is 6.92 Å². The SMILES string of the molecule is Cc1ncc(CNc2ccc3ncccc3c2)[nH]1. The van der Waals surface area contributed by atoms with E-state index in [9.17, 15) is 0 Å². The Labute approximate surface area is 105 Å². The third-order valence-corrected chi connectivity index (χ3v) is 2.84. The van der Waals surface area contributed by atoms with Gasteiger partial charge in [-0.15, -0.1) is 0 Å². The summed E-state index contributed by atoms with van der Waals surface area (Å²) in [6.45, 7) is 2.69. The maximum absolute atomic E-state index is 4.30. The lowest BCUT2D eigenvalue weighted by Gasteiger charge is -2.05. The minimum Gasteiger partial charge on any atom is -0.379 e. The Morgan fingerprint density at radius 3 is 3.00 bits per heavy atom. The van der Waals surface area contributed by atoms with Crippen molar-refractivity contribution in [1.82, 2.24) is 15.0 Å². The Kier molecular flexibility index (Phi) is 2.68. The molecule has 0 radical (unpaired) electrons. The number of nitrogens with one attached hydrogen (secondary N) is 2. The number of fused-ring (bicyclic) bond motifs is 1. The highest BCUT2D eigenvalue weighted by atomic mass is 15.0. The molecule has 4 nitrogen and oxygen atoms in total. The third-order valence-electron chi connectivity index (χ3n) is 2.84. The van der Waals surface area contributed by atoms with Crippen LogP contribution in [0.25, 0.3) is 10.9 Å². The number of H-pyrrole nitrogens is 1. The van der Waals surface area contributed by atoms with Crippen LogP contribution >= 0.6 is 0 Å². The molecule has 2 heterocycles. The van der Waals surface area contributed by atoms with Crippen molar-refractivity contribution in [3.8, 4) is 0 Å². The van der Waals surface area contributed by atoms with E-state index in [0.29, 0.717) is 0 Å². The Bertz CT molecular complexity index is 672. The highest BCUT2D eigenvalue weighted by Crippen LogP contribution is 2.17. The van der Waals surface area contributed by atoms with Crippen LogP contribution in [0.15, 0.2) is 42.7 Å². The van der Waals surface area contributed by atoms with E-state index in [1.54, 1.807) is 0 Å². The minimum atomic E-state index is 0.743. The summed E-state index contributed by atoms with van der Waals surface area (Å²) in [6.07, 6.45) is 3.66. The average molecular weight is 238 g/mol. The third kappa shape index (κ3) is 2.18. The topological polar surface area (TPSA) is 53.6 Å². The number of rotatable bonds is 3. The quantitative estimate of drug-likeness (QED) is 0.737. The fourth-order valence-corrected chi connectivity index (χ4v) is 1.94. The van der Waals surface area contributed by atoms with Gasteiger partial charge in [-0.2, -0.15) is 0 Å². The number of pyridine rings is 1. The number of hydrogen-bond donors (Lipinski definition) is 2. The van der Waals surface area contributed by atoms with Gasteiger partial charge in [0.1, 0.15) is 5.82 Å². The van der Waals surface area contributed by atoms with Crippen molar-refractivity contribution in [3.05, 3.63) is 54.2 Å². The second-order valence-electron chi connectivity index (χ2n) is 4.26. The molecule has 0 atom stereocenters. The van der Waals surface area contributed by atoms with Gasteiger partial charge in [-0.05, 0) is 31.2 Å². The molecule has 0 unspecified atom stereocenters. The molecule has 0 fully saturated rings.